The highest BCUT2D eigenvalue weighted by Crippen LogP contribution is 2.49. The number of nitrogens with one attached hydrogen (secondary N) is 1. The molecule has 0 amide bonds. The molecule has 5 aromatic rings. The molecule has 0 saturated carbocycles. The van der Waals surface area contributed by atoms with Crippen LogP contribution in [0.1, 0.15) is 57.9 Å². The lowest BCUT2D eigenvalue weighted by molar-refractivity contribution is 0.482. The lowest BCUT2D eigenvalue weighted by atomic mass is 9.83. The summed E-state index contributed by atoms with van der Waals surface area (Å²) in [5, 5.41) is 5.48. The van der Waals surface area contributed by atoms with Crippen molar-refractivity contribution in [2.24, 2.45) is 10.9 Å². The molecule has 0 spiro atoms. The van der Waals surface area contributed by atoms with Gasteiger partial charge in [-0.25, -0.2) is 0 Å². The van der Waals surface area contributed by atoms with E-state index in [1.165, 1.54) is 76.3 Å². The van der Waals surface area contributed by atoms with Crippen molar-refractivity contribution in [3.63, 3.8) is 0 Å². The molecule has 51 heavy (non-hydrogen) atoms. The van der Waals surface area contributed by atoms with Crippen molar-refractivity contribution in [3.8, 4) is 22.3 Å². The lowest BCUT2D eigenvalue weighted by Crippen LogP contribution is -2.49. The molecule has 4 aromatic carbocycles. The highest BCUT2D eigenvalue weighted by Gasteiger charge is 2.36. The van der Waals surface area contributed by atoms with Gasteiger partial charge in [-0.2, -0.15) is 0 Å². The van der Waals surface area contributed by atoms with Crippen LogP contribution in [0.3, 0.4) is 0 Å². The Morgan fingerprint density at radius 1 is 0.686 bits per heavy atom. The summed E-state index contributed by atoms with van der Waals surface area (Å²) in [5.41, 5.74) is 14.8. The van der Waals surface area contributed by atoms with E-state index in [4.69, 9.17) is 4.99 Å². The van der Waals surface area contributed by atoms with E-state index in [-0.39, 0.29) is 18.1 Å². The Morgan fingerprint density at radius 2 is 1.47 bits per heavy atom. The zero-order chi connectivity index (χ0) is 33.7. The van der Waals surface area contributed by atoms with E-state index in [1.807, 2.05) is 11.3 Å². The Morgan fingerprint density at radius 3 is 2.31 bits per heavy atom. The first-order chi connectivity index (χ1) is 25.3. The number of nitrogens with zero attached hydrogens (tertiary/aromatic N) is 1. The number of fused-ring (bicyclic) bond motifs is 6. The van der Waals surface area contributed by atoms with Gasteiger partial charge in [0.25, 0.3) is 0 Å². The maximum absolute atomic E-state index is 5.54. The molecule has 0 fully saturated rings. The molecule has 5 aliphatic rings. The zero-order valence-corrected chi connectivity index (χ0v) is 29.5. The Bertz CT molecular complexity index is 2380. The zero-order valence-electron chi connectivity index (χ0n) is 28.6. The SMILES string of the molecule is C1=CCC(c2cc(-c3ccccc3)cc(-c3cc4c(c5c6c(sc35)C(C3N=C(c5ccccc5)C5C=CC=CC5N3)=CCC6)CCC=C4)c2)C=C1. The van der Waals surface area contributed by atoms with Crippen LogP contribution in [0.2, 0.25) is 0 Å². The van der Waals surface area contributed by atoms with Crippen LogP contribution in [0, 0.1) is 5.92 Å². The van der Waals surface area contributed by atoms with Gasteiger partial charge >= 0.3 is 0 Å². The predicted molar refractivity (Wildman–Crippen MR) is 217 cm³/mol. The van der Waals surface area contributed by atoms with Gasteiger partial charge in [-0.15, -0.1) is 11.3 Å². The summed E-state index contributed by atoms with van der Waals surface area (Å²) in [6.07, 6.45) is 30.5. The molecule has 3 heteroatoms. The third-order valence-electron chi connectivity index (χ3n) is 11.3. The highest BCUT2D eigenvalue weighted by molar-refractivity contribution is 7.21. The predicted octanol–water partition coefficient (Wildman–Crippen LogP) is 11.7. The van der Waals surface area contributed by atoms with Gasteiger partial charge in [0.2, 0.25) is 0 Å². The summed E-state index contributed by atoms with van der Waals surface area (Å²) < 4.78 is 1.43. The van der Waals surface area contributed by atoms with Crippen molar-refractivity contribution in [1.82, 2.24) is 5.32 Å². The lowest BCUT2D eigenvalue weighted by Gasteiger charge is -2.36. The fourth-order valence-electron chi connectivity index (χ4n) is 8.82. The second-order valence-electron chi connectivity index (χ2n) is 14.4. The van der Waals surface area contributed by atoms with E-state index in [9.17, 15) is 0 Å². The van der Waals surface area contributed by atoms with E-state index in [2.05, 4.69) is 157 Å². The first-order valence-electron chi connectivity index (χ1n) is 18.5. The monoisotopic (exact) mass is 676 g/mol. The maximum atomic E-state index is 5.54. The molecule has 0 saturated heterocycles. The van der Waals surface area contributed by atoms with E-state index in [0.717, 1.165) is 32.1 Å². The number of hydrogen-bond acceptors (Lipinski definition) is 3. The number of aliphatic imine (C=N–C) groups is 1. The topological polar surface area (TPSA) is 24.4 Å². The third-order valence-corrected chi connectivity index (χ3v) is 12.6. The van der Waals surface area contributed by atoms with Crippen molar-refractivity contribution < 1.29 is 0 Å². The van der Waals surface area contributed by atoms with Crippen molar-refractivity contribution >= 4 is 38.8 Å². The Hall–Kier alpha value is -5.09. The minimum Gasteiger partial charge on any atom is -0.285 e. The minimum atomic E-state index is -0.0944. The second-order valence-corrected chi connectivity index (χ2v) is 15.4. The van der Waals surface area contributed by atoms with Crippen LogP contribution in [-0.4, -0.2) is 17.9 Å². The van der Waals surface area contributed by atoms with Crippen LogP contribution in [0.5, 0.6) is 0 Å². The first kappa shape index (κ1) is 30.7. The van der Waals surface area contributed by atoms with Gasteiger partial charge < -0.3 is 0 Å². The molecule has 0 bridgehead atoms. The molecule has 10 rings (SSSR count). The number of benzene rings is 4. The van der Waals surface area contributed by atoms with Crippen molar-refractivity contribution in [1.29, 1.82) is 0 Å². The average Bonchev–Trinajstić information content (AvgIpc) is 3.61. The normalized spacial score (nSPS) is 23.1. The Labute approximate surface area is 304 Å². The molecular formula is C48H40N2S. The summed E-state index contributed by atoms with van der Waals surface area (Å²) in [6, 6.07) is 31.7. The second kappa shape index (κ2) is 12.9. The molecule has 4 aliphatic carbocycles. The average molecular weight is 677 g/mol. The number of rotatable bonds is 5. The fourth-order valence-corrected chi connectivity index (χ4v) is 10.3. The van der Waals surface area contributed by atoms with Gasteiger partial charge in [0.1, 0.15) is 6.17 Å². The molecule has 4 unspecified atom stereocenters. The summed E-state index contributed by atoms with van der Waals surface area (Å²) in [4.78, 5) is 6.96. The standard InChI is InChI=1S/C48H40N2S/c1-4-15-31(16-5-1)35-27-36(32-17-6-2-7-18-32)29-37(28-35)42-30-34-21-10-11-22-38(34)44-40-24-14-25-41(46(40)51-47(42)44)48-49-43-26-13-12-23-39(43)45(50-48)33-19-8-3-9-20-33/h1-10,12-13,15-17,19-21,23,25-30,32,39,43,48-49H,11,14,18,22,24H2. The minimum absolute atomic E-state index is 0.0944. The number of allylic oxidation sites excluding steroid dienone is 8. The van der Waals surface area contributed by atoms with Crippen LogP contribution in [0.25, 0.3) is 44.0 Å². The van der Waals surface area contributed by atoms with Crippen LogP contribution in [0.4, 0.5) is 0 Å². The quantitative estimate of drug-likeness (QED) is 0.197. The van der Waals surface area contributed by atoms with Crippen LogP contribution in [0.15, 0.2) is 151 Å². The van der Waals surface area contributed by atoms with Gasteiger partial charge in [-0.3, -0.25) is 10.3 Å². The number of thiophene rings is 1. The summed E-state index contributed by atoms with van der Waals surface area (Å²) in [5.74, 6) is 0.601. The van der Waals surface area contributed by atoms with Crippen molar-refractivity contribution in [2.45, 2.75) is 50.2 Å². The third kappa shape index (κ3) is 5.47. The van der Waals surface area contributed by atoms with Gasteiger partial charge in [-0.05, 0) is 88.7 Å². The molecule has 1 aromatic heterocycles. The molecule has 4 atom stereocenters. The van der Waals surface area contributed by atoms with E-state index in [1.54, 1.807) is 0 Å². The van der Waals surface area contributed by atoms with Crippen molar-refractivity contribution in [3.05, 3.63) is 178 Å². The van der Waals surface area contributed by atoms with Gasteiger partial charge in [-0.1, -0.05) is 140 Å². The van der Waals surface area contributed by atoms with Crippen LogP contribution >= 0.6 is 11.3 Å². The van der Waals surface area contributed by atoms with Gasteiger partial charge in [0, 0.05) is 44.0 Å². The summed E-state index contributed by atoms with van der Waals surface area (Å²) >= 11 is 2.01. The number of aryl methyl sites for hydroxylation is 2. The molecule has 1 N–H and O–H groups in total. The van der Waals surface area contributed by atoms with E-state index < -0.39 is 0 Å². The molecule has 248 valence electrons. The van der Waals surface area contributed by atoms with Crippen LogP contribution in [-0.2, 0) is 12.8 Å². The van der Waals surface area contributed by atoms with Gasteiger partial charge in [0.05, 0.1) is 5.71 Å². The largest absolute Gasteiger partial charge is 0.285 e. The molecular weight excluding hydrogens is 637 g/mol. The molecule has 2 nitrogen and oxygen atoms in total. The highest BCUT2D eigenvalue weighted by atomic mass is 32.1. The molecule has 2 heterocycles. The summed E-state index contributed by atoms with van der Waals surface area (Å²) in [7, 11) is 0. The van der Waals surface area contributed by atoms with Crippen molar-refractivity contribution in [2.75, 3.05) is 0 Å². The van der Waals surface area contributed by atoms with Crippen LogP contribution < -0.4 is 5.32 Å². The van der Waals surface area contributed by atoms with Gasteiger partial charge in [0.15, 0.2) is 0 Å². The Kier molecular flexibility index (Phi) is 7.77. The maximum Gasteiger partial charge on any atom is 0.127 e. The Balaban J connectivity index is 1.16. The number of hydrogen-bond donors (Lipinski definition) is 1. The van der Waals surface area contributed by atoms with E-state index in [0.29, 0.717) is 5.92 Å². The fraction of sp³-hybridized carbons (Fsp3) is 0.188. The smallest absolute Gasteiger partial charge is 0.127 e. The molecule has 0 radical (unpaired) electrons. The molecule has 1 aliphatic heterocycles. The summed E-state index contributed by atoms with van der Waals surface area (Å²) in [6.45, 7) is 0. The van der Waals surface area contributed by atoms with E-state index >= 15 is 0 Å². The first-order valence-corrected chi connectivity index (χ1v) is 19.4.